The average Bonchev–Trinajstić information content (AvgIpc) is 3.41. The molecule has 0 spiro atoms. The van der Waals surface area contributed by atoms with E-state index >= 15 is 0 Å². The Bertz CT molecular complexity index is 2980. The van der Waals surface area contributed by atoms with E-state index in [2.05, 4.69) is 41.4 Å². The SMILES string of the molecule is C1=C(c2nc(-c3ccccc3)nc(-c3ccccc3)n2)C=C2C=C(c3nc(-c4ccccc4)nc(-c4ccccc4)n3)C=C3C=C(c4nc(-c5ccccc5)nc(-c5ccccc5)n4)C=C1N23. The number of hydrogen-bond donors (Lipinski definition) is 0. The molecule has 0 N–H and O–H groups in total. The van der Waals surface area contributed by atoms with Gasteiger partial charge in [-0.05, 0) is 36.5 Å². The number of hydrogen-bond acceptors (Lipinski definition) is 10. The number of aromatic nitrogens is 9. The lowest BCUT2D eigenvalue weighted by molar-refractivity contribution is 0.566. The van der Waals surface area contributed by atoms with Gasteiger partial charge in [0.2, 0.25) is 0 Å². The van der Waals surface area contributed by atoms with Crippen LogP contribution in [0.1, 0.15) is 17.5 Å². The third-order valence-electron chi connectivity index (χ3n) is 11.5. The standard InChI is InChI=1S/C57H36N10/c1-7-19-37(20-8-1)49-58-50(38-21-9-2-10-22-38)62-55(61-49)43-31-46-33-44(56-63-51(39-23-11-3-12-24-39)59-52(64-56)40-25-13-4-14-26-40)35-48-36-45(34-47(32-43)67(46)48)57-65-53(41-27-15-5-16-28-41)60-54(66-57)42-29-17-6-18-30-42/h1-36H. The highest BCUT2D eigenvalue weighted by atomic mass is 15.2. The third kappa shape index (κ3) is 7.85. The summed E-state index contributed by atoms with van der Waals surface area (Å²) >= 11 is 0. The minimum absolute atomic E-state index is 0.527. The van der Waals surface area contributed by atoms with Crippen molar-refractivity contribution in [3.63, 3.8) is 0 Å². The molecule has 0 radical (unpaired) electrons. The van der Waals surface area contributed by atoms with Crippen molar-refractivity contribution in [1.29, 1.82) is 0 Å². The van der Waals surface area contributed by atoms with Crippen LogP contribution >= 0.6 is 0 Å². The zero-order chi connectivity index (χ0) is 44.5. The minimum Gasteiger partial charge on any atom is -0.310 e. The fourth-order valence-corrected chi connectivity index (χ4v) is 8.24. The zero-order valence-corrected chi connectivity index (χ0v) is 35.8. The van der Waals surface area contributed by atoms with Crippen LogP contribution in [0.2, 0.25) is 0 Å². The molecule has 3 aliphatic rings. The van der Waals surface area contributed by atoms with Crippen molar-refractivity contribution in [1.82, 2.24) is 49.8 Å². The van der Waals surface area contributed by atoms with Gasteiger partial charge in [0.05, 0.1) is 0 Å². The summed E-state index contributed by atoms with van der Waals surface area (Å²) in [7, 11) is 0. The first-order valence-corrected chi connectivity index (χ1v) is 21.9. The van der Waals surface area contributed by atoms with Crippen molar-refractivity contribution in [3.05, 3.63) is 253 Å². The Labute approximate surface area is 386 Å². The lowest BCUT2D eigenvalue weighted by atomic mass is 9.94. The Balaban J connectivity index is 1.08. The summed E-state index contributed by atoms with van der Waals surface area (Å²) in [6, 6.07) is 60.0. The first-order valence-electron chi connectivity index (χ1n) is 21.9. The van der Waals surface area contributed by atoms with Crippen LogP contribution in [0.25, 0.3) is 85.0 Å². The largest absolute Gasteiger partial charge is 0.310 e. The molecule has 0 atom stereocenters. The molecular weight excluding hydrogens is 825 g/mol. The number of rotatable bonds is 9. The van der Waals surface area contributed by atoms with Crippen molar-refractivity contribution in [2.75, 3.05) is 0 Å². The van der Waals surface area contributed by atoms with E-state index in [0.29, 0.717) is 52.4 Å². The topological polar surface area (TPSA) is 119 Å². The first-order chi connectivity index (χ1) is 33.1. The van der Waals surface area contributed by atoms with Gasteiger partial charge < -0.3 is 4.90 Å². The van der Waals surface area contributed by atoms with Crippen LogP contribution in [0.4, 0.5) is 0 Å². The average molecular weight is 861 g/mol. The van der Waals surface area contributed by atoms with Gasteiger partial charge in [0.15, 0.2) is 52.4 Å². The molecular formula is C57H36N10. The van der Waals surface area contributed by atoms with E-state index in [-0.39, 0.29) is 0 Å². The molecule has 0 aliphatic carbocycles. The highest BCUT2D eigenvalue weighted by Crippen LogP contribution is 2.43. The smallest absolute Gasteiger partial charge is 0.164 e. The second-order valence-corrected chi connectivity index (χ2v) is 16.0. The maximum Gasteiger partial charge on any atom is 0.164 e. The molecule has 67 heavy (non-hydrogen) atoms. The molecule has 6 heterocycles. The molecule has 0 saturated carbocycles. The summed E-state index contributed by atoms with van der Waals surface area (Å²) in [5, 5.41) is 0. The molecule has 0 saturated heterocycles. The van der Waals surface area contributed by atoms with Crippen molar-refractivity contribution >= 4 is 16.7 Å². The van der Waals surface area contributed by atoms with Crippen LogP contribution in [-0.2, 0) is 0 Å². The normalized spacial score (nSPS) is 13.9. The summed E-state index contributed by atoms with van der Waals surface area (Å²) in [6.07, 6.45) is 12.7. The van der Waals surface area contributed by atoms with E-state index in [1.807, 2.05) is 182 Å². The van der Waals surface area contributed by atoms with Crippen LogP contribution in [0.15, 0.2) is 236 Å². The Hall–Kier alpha value is -9.41. The van der Waals surface area contributed by atoms with E-state index in [0.717, 1.165) is 67.2 Å². The number of benzene rings is 6. The zero-order valence-electron chi connectivity index (χ0n) is 35.8. The number of nitrogens with zero attached hydrogens (tertiary/aromatic N) is 10. The second-order valence-electron chi connectivity index (χ2n) is 16.0. The van der Waals surface area contributed by atoms with Crippen molar-refractivity contribution in [2.45, 2.75) is 0 Å². The van der Waals surface area contributed by atoms with E-state index in [9.17, 15) is 0 Å². The van der Waals surface area contributed by atoms with Crippen molar-refractivity contribution in [2.24, 2.45) is 0 Å². The predicted octanol–water partition coefficient (Wildman–Crippen LogP) is 11.8. The van der Waals surface area contributed by atoms with Gasteiger partial charge in [-0.2, -0.15) is 0 Å². The summed E-state index contributed by atoms with van der Waals surface area (Å²) in [4.78, 5) is 48.0. The van der Waals surface area contributed by atoms with Crippen LogP contribution in [0, 0.1) is 0 Å². The molecule has 0 unspecified atom stereocenters. The quantitative estimate of drug-likeness (QED) is 0.139. The van der Waals surface area contributed by atoms with Crippen LogP contribution in [-0.4, -0.2) is 49.8 Å². The molecule has 3 aliphatic heterocycles. The van der Waals surface area contributed by atoms with Crippen molar-refractivity contribution in [3.8, 4) is 68.3 Å². The molecule has 3 aromatic heterocycles. The molecule has 12 rings (SSSR count). The van der Waals surface area contributed by atoms with Gasteiger partial charge >= 0.3 is 0 Å². The molecule has 0 bridgehead atoms. The van der Waals surface area contributed by atoms with Gasteiger partial charge in [-0.3, -0.25) is 0 Å². The lowest BCUT2D eigenvalue weighted by Crippen LogP contribution is -2.27. The molecule has 314 valence electrons. The summed E-state index contributed by atoms with van der Waals surface area (Å²) in [5.41, 5.74) is 10.3. The van der Waals surface area contributed by atoms with Gasteiger partial charge in [-0.1, -0.05) is 182 Å². The monoisotopic (exact) mass is 860 g/mol. The van der Waals surface area contributed by atoms with E-state index in [1.165, 1.54) is 0 Å². The van der Waals surface area contributed by atoms with Crippen LogP contribution < -0.4 is 0 Å². The highest BCUT2D eigenvalue weighted by molar-refractivity contribution is 5.88. The summed E-state index contributed by atoms with van der Waals surface area (Å²) in [6.45, 7) is 0. The maximum atomic E-state index is 5.13. The molecule has 0 fully saturated rings. The predicted molar refractivity (Wildman–Crippen MR) is 262 cm³/mol. The van der Waals surface area contributed by atoms with Crippen LogP contribution in [0.5, 0.6) is 0 Å². The van der Waals surface area contributed by atoms with E-state index in [1.54, 1.807) is 0 Å². The third-order valence-corrected chi connectivity index (χ3v) is 11.5. The Morgan fingerprint density at radius 1 is 0.194 bits per heavy atom. The fourth-order valence-electron chi connectivity index (χ4n) is 8.24. The van der Waals surface area contributed by atoms with E-state index in [4.69, 9.17) is 44.9 Å². The molecule has 10 heteroatoms. The Kier molecular flexibility index (Phi) is 9.91. The van der Waals surface area contributed by atoms with Gasteiger partial charge in [0.25, 0.3) is 0 Å². The summed E-state index contributed by atoms with van der Waals surface area (Å²) in [5.74, 6) is 5.02. The van der Waals surface area contributed by atoms with Gasteiger partial charge in [0, 0.05) is 67.2 Å². The highest BCUT2D eigenvalue weighted by Gasteiger charge is 2.31. The van der Waals surface area contributed by atoms with Crippen LogP contribution in [0.3, 0.4) is 0 Å². The fraction of sp³-hybridized carbons (Fsp3) is 0. The van der Waals surface area contributed by atoms with Gasteiger partial charge in [-0.15, -0.1) is 0 Å². The molecule has 0 amide bonds. The maximum absolute atomic E-state index is 5.13. The van der Waals surface area contributed by atoms with E-state index < -0.39 is 0 Å². The second kappa shape index (κ2) is 16.9. The molecule has 10 nitrogen and oxygen atoms in total. The number of allylic oxidation sites excluding steroid dienone is 9. The Morgan fingerprint density at radius 2 is 0.373 bits per heavy atom. The van der Waals surface area contributed by atoms with Crippen molar-refractivity contribution < 1.29 is 0 Å². The summed E-state index contributed by atoms with van der Waals surface area (Å²) < 4.78 is 0. The van der Waals surface area contributed by atoms with Gasteiger partial charge in [-0.25, -0.2) is 44.9 Å². The van der Waals surface area contributed by atoms with Gasteiger partial charge in [0.1, 0.15) is 0 Å². The molecule has 6 aromatic carbocycles. The first kappa shape index (κ1) is 39.2. The molecule has 9 aromatic rings. The Morgan fingerprint density at radius 3 is 0.567 bits per heavy atom. The lowest BCUT2D eigenvalue weighted by Gasteiger charge is -2.36. The minimum atomic E-state index is 0.527.